The van der Waals surface area contributed by atoms with Gasteiger partial charge in [-0.3, -0.25) is 4.99 Å². The Labute approximate surface area is 114 Å². The average molecular weight is 262 g/mol. The van der Waals surface area contributed by atoms with Crippen molar-refractivity contribution in [3.05, 3.63) is 29.3 Å². The Balaban J connectivity index is 2.21. The van der Waals surface area contributed by atoms with Crippen molar-refractivity contribution in [2.45, 2.75) is 46.1 Å². The molecular formula is C15H22N2S. The lowest BCUT2D eigenvalue weighted by Gasteiger charge is -2.21. The number of amidine groups is 1. The highest BCUT2D eigenvalue weighted by Crippen LogP contribution is 2.25. The molecule has 98 valence electrons. The van der Waals surface area contributed by atoms with Crippen molar-refractivity contribution in [2.24, 2.45) is 4.99 Å². The molecule has 1 unspecified atom stereocenters. The molecule has 1 atom stereocenters. The molecule has 1 aromatic rings. The number of hydrogen-bond acceptors (Lipinski definition) is 3. The third-order valence-corrected chi connectivity index (χ3v) is 4.35. The maximum absolute atomic E-state index is 4.78. The van der Waals surface area contributed by atoms with Crippen molar-refractivity contribution in [1.82, 2.24) is 0 Å². The number of nitrogens with one attached hydrogen (secondary N) is 1. The SMILES string of the molecule is CCc1cccc(C)c1NC1=NC(CC)CCS1. The second kappa shape index (κ2) is 6.28. The monoisotopic (exact) mass is 262 g/mol. The summed E-state index contributed by atoms with van der Waals surface area (Å²) in [6, 6.07) is 6.99. The topological polar surface area (TPSA) is 24.4 Å². The van der Waals surface area contributed by atoms with Crippen LogP contribution in [0.25, 0.3) is 0 Å². The second-order valence-electron chi connectivity index (χ2n) is 4.72. The number of hydrogen-bond donors (Lipinski definition) is 1. The van der Waals surface area contributed by atoms with E-state index >= 15 is 0 Å². The highest BCUT2D eigenvalue weighted by molar-refractivity contribution is 8.14. The maximum atomic E-state index is 4.78. The summed E-state index contributed by atoms with van der Waals surface area (Å²) >= 11 is 1.84. The molecule has 0 bridgehead atoms. The third kappa shape index (κ3) is 3.08. The summed E-state index contributed by atoms with van der Waals surface area (Å²) < 4.78 is 0. The normalized spacial score (nSPS) is 19.5. The fraction of sp³-hybridized carbons (Fsp3) is 0.533. The quantitative estimate of drug-likeness (QED) is 0.881. The summed E-state index contributed by atoms with van der Waals surface area (Å²) in [5.41, 5.74) is 3.93. The molecule has 0 amide bonds. The minimum atomic E-state index is 0.503. The van der Waals surface area contributed by atoms with Gasteiger partial charge in [-0.1, -0.05) is 43.8 Å². The van der Waals surface area contributed by atoms with E-state index in [2.05, 4.69) is 44.3 Å². The first-order valence-electron chi connectivity index (χ1n) is 6.80. The van der Waals surface area contributed by atoms with E-state index in [1.54, 1.807) is 0 Å². The number of aliphatic imine (C=N–C) groups is 1. The van der Waals surface area contributed by atoms with Gasteiger partial charge in [-0.2, -0.15) is 0 Å². The largest absolute Gasteiger partial charge is 0.335 e. The zero-order chi connectivity index (χ0) is 13.0. The lowest BCUT2D eigenvalue weighted by molar-refractivity contribution is 0.634. The first kappa shape index (κ1) is 13.5. The van der Waals surface area contributed by atoms with Crippen LogP contribution >= 0.6 is 11.8 Å². The minimum absolute atomic E-state index is 0.503. The summed E-state index contributed by atoms with van der Waals surface area (Å²) in [7, 11) is 0. The molecule has 1 aliphatic rings. The van der Waals surface area contributed by atoms with Crippen molar-refractivity contribution in [3.8, 4) is 0 Å². The Bertz CT molecular complexity index is 440. The number of para-hydroxylation sites is 1. The van der Waals surface area contributed by atoms with Crippen LogP contribution in [-0.4, -0.2) is 17.0 Å². The molecule has 2 rings (SSSR count). The molecular weight excluding hydrogens is 240 g/mol. The van der Waals surface area contributed by atoms with Gasteiger partial charge in [0.05, 0.1) is 6.04 Å². The molecule has 0 saturated carbocycles. The highest BCUT2D eigenvalue weighted by atomic mass is 32.2. The van der Waals surface area contributed by atoms with Gasteiger partial charge in [0.1, 0.15) is 0 Å². The molecule has 0 aromatic heterocycles. The Kier molecular flexibility index (Phi) is 4.70. The van der Waals surface area contributed by atoms with Gasteiger partial charge >= 0.3 is 0 Å². The van der Waals surface area contributed by atoms with Gasteiger partial charge < -0.3 is 5.32 Å². The number of anilines is 1. The van der Waals surface area contributed by atoms with Crippen LogP contribution in [0.4, 0.5) is 5.69 Å². The van der Waals surface area contributed by atoms with Crippen LogP contribution < -0.4 is 5.32 Å². The Morgan fingerprint density at radius 2 is 2.22 bits per heavy atom. The molecule has 0 fully saturated rings. The summed E-state index contributed by atoms with van der Waals surface area (Å²) in [5.74, 6) is 1.18. The maximum Gasteiger partial charge on any atom is 0.161 e. The predicted octanol–water partition coefficient (Wildman–Crippen LogP) is 4.24. The molecule has 2 nitrogen and oxygen atoms in total. The lowest BCUT2D eigenvalue weighted by Crippen LogP contribution is -2.20. The van der Waals surface area contributed by atoms with Crippen molar-refractivity contribution in [2.75, 3.05) is 11.1 Å². The zero-order valence-electron chi connectivity index (χ0n) is 11.5. The van der Waals surface area contributed by atoms with Gasteiger partial charge in [0, 0.05) is 11.4 Å². The van der Waals surface area contributed by atoms with Gasteiger partial charge in [-0.15, -0.1) is 0 Å². The van der Waals surface area contributed by atoms with Gasteiger partial charge in [0.25, 0.3) is 0 Å². The molecule has 0 saturated heterocycles. The van der Waals surface area contributed by atoms with Crippen LogP contribution in [0.1, 0.15) is 37.8 Å². The van der Waals surface area contributed by atoms with E-state index < -0.39 is 0 Å². The van der Waals surface area contributed by atoms with Crippen molar-refractivity contribution in [1.29, 1.82) is 0 Å². The molecule has 1 aromatic carbocycles. The van der Waals surface area contributed by atoms with Gasteiger partial charge in [0.15, 0.2) is 5.17 Å². The molecule has 1 aliphatic heterocycles. The molecule has 1 heterocycles. The summed E-state index contributed by atoms with van der Waals surface area (Å²) in [6.07, 6.45) is 3.40. The van der Waals surface area contributed by atoms with E-state index in [0.717, 1.165) is 18.0 Å². The molecule has 0 spiro atoms. The van der Waals surface area contributed by atoms with Crippen LogP contribution in [0.2, 0.25) is 0 Å². The Hall–Kier alpha value is -0.960. The first-order valence-corrected chi connectivity index (χ1v) is 7.79. The molecule has 1 N–H and O–H groups in total. The lowest BCUT2D eigenvalue weighted by atomic mass is 10.1. The molecule has 3 heteroatoms. The number of aryl methyl sites for hydroxylation is 2. The molecule has 0 radical (unpaired) electrons. The van der Waals surface area contributed by atoms with Crippen molar-refractivity contribution in [3.63, 3.8) is 0 Å². The van der Waals surface area contributed by atoms with Gasteiger partial charge in [0.2, 0.25) is 0 Å². The van der Waals surface area contributed by atoms with Gasteiger partial charge in [-0.05, 0) is 37.3 Å². The van der Waals surface area contributed by atoms with Crippen LogP contribution in [-0.2, 0) is 6.42 Å². The standard InChI is InChI=1S/C15H22N2S/c1-4-12-8-6-7-11(3)14(12)17-15-16-13(5-2)9-10-18-15/h6-8,13H,4-5,9-10H2,1-3H3,(H,16,17). The van der Waals surface area contributed by atoms with E-state index in [9.17, 15) is 0 Å². The second-order valence-corrected chi connectivity index (χ2v) is 5.80. The Morgan fingerprint density at radius 1 is 1.39 bits per heavy atom. The van der Waals surface area contributed by atoms with Crippen LogP contribution in [0.15, 0.2) is 23.2 Å². The number of thioether (sulfide) groups is 1. The van der Waals surface area contributed by atoms with Gasteiger partial charge in [-0.25, -0.2) is 0 Å². The highest BCUT2D eigenvalue weighted by Gasteiger charge is 2.15. The van der Waals surface area contributed by atoms with E-state index in [1.807, 2.05) is 11.8 Å². The van der Waals surface area contributed by atoms with Crippen LogP contribution in [0, 0.1) is 6.92 Å². The van der Waals surface area contributed by atoms with Crippen LogP contribution in [0.5, 0.6) is 0 Å². The van der Waals surface area contributed by atoms with E-state index in [-0.39, 0.29) is 0 Å². The number of benzene rings is 1. The number of nitrogens with zero attached hydrogens (tertiary/aromatic N) is 1. The third-order valence-electron chi connectivity index (χ3n) is 3.43. The van der Waals surface area contributed by atoms with E-state index in [0.29, 0.717) is 6.04 Å². The average Bonchev–Trinajstić information content (AvgIpc) is 2.41. The number of rotatable bonds is 3. The summed E-state index contributed by atoms with van der Waals surface area (Å²) in [6.45, 7) is 6.57. The smallest absolute Gasteiger partial charge is 0.161 e. The fourth-order valence-corrected chi connectivity index (χ4v) is 3.21. The summed E-state index contributed by atoms with van der Waals surface area (Å²) in [5, 5.41) is 4.64. The van der Waals surface area contributed by atoms with Crippen molar-refractivity contribution >= 4 is 22.6 Å². The first-order chi connectivity index (χ1) is 8.74. The van der Waals surface area contributed by atoms with Crippen LogP contribution in [0.3, 0.4) is 0 Å². The Morgan fingerprint density at radius 3 is 2.94 bits per heavy atom. The predicted molar refractivity (Wildman–Crippen MR) is 82.8 cm³/mol. The van der Waals surface area contributed by atoms with E-state index in [1.165, 1.54) is 29.0 Å². The summed E-state index contributed by atoms with van der Waals surface area (Å²) in [4.78, 5) is 4.78. The zero-order valence-corrected chi connectivity index (χ0v) is 12.3. The molecule has 18 heavy (non-hydrogen) atoms. The van der Waals surface area contributed by atoms with Crippen molar-refractivity contribution < 1.29 is 0 Å². The fourth-order valence-electron chi connectivity index (χ4n) is 2.23. The van der Waals surface area contributed by atoms with E-state index in [4.69, 9.17) is 4.99 Å². The molecule has 0 aliphatic carbocycles. The minimum Gasteiger partial charge on any atom is -0.335 e.